The number of fused-ring (bicyclic) bond motifs is 1. The Bertz CT molecular complexity index is 779. The number of benzene rings is 2. The quantitative estimate of drug-likeness (QED) is 0.741. The van der Waals surface area contributed by atoms with E-state index in [0.717, 1.165) is 42.5 Å². The van der Waals surface area contributed by atoms with E-state index in [2.05, 4.69) is 25.1 Å². The highest BCUT2D eigenvalue weighted by atomic mass is 19.1. The van der Waals surface area contributed by atoms with E-state index in [4.69, 9.17) is 10.00 Å². The largest absolute Gasteiger partial charge is 0.361 e. The molecular weight excluding hydrogens is 315 g/mol. The maximum Gasteiger partial charge on any atom is 0.123 e. The number of ether oxygens (including phenoxy) is 1. The fourth-order valence-electron chi connectivity index (χ4n) is 3.57. The second-order valence-electron chi connectivity index (χ2n) is 6.87. The van der Waals surface area contributed by atoms with Crippen LogP contribution in [0.3, 0.4) is 0 Å². The van der Waals surface area contributed by atoms with Crippen molar-refractivity contribution in [3.05, 3.63) is 70.5 Å². The number of halogens is 1. The van der Waals surface area contributed by atoms with Gasteiger partial charge >= 0.3 is 0 Å². The lowest BCUT2D eigenvalue weighted by Crippen LogP contribution is -2.27. The lowest BCUT2D eigenvalue weighted by atomic mass is 9.81. The molecule has 0 aliphatic carbocycles. The Morgan fingerprint density at radius 2 is 1.92 bits per heavy atom. The maximum absolute atomic E-state index is 13.4. The average Bonchev–Trinajstić information content (AvgIpc) is 2.98. The summed E-state index contributed by atoms with van der Waals surface area (Å²) in [6, 6.07) is 14.5. The first-order valence-corrected chi connectivity index (χ1v) is 8.63. The number of nitrogens with zero attached hydrogens (tertiary/aromatic N) is 2. The Balaban J connectivity index is 1.95. The van der Waals surface area contributed by atoms with Crippen LogP contribution in [0.5, 0.6) is 0 Å². The summed E-state index contributed by atoms with van der Waals surface area (Å²) in [6.07, 6.45) is 2.92. The summed E-state index contributed by atoms with van der Waals surface area (Å²) in [5.41, 5.74) is 3.22. The molecule has 0 bridgehead atoms. The van der Waals surface area contributed by atoms with Crippen LogP contribution < -0.4 is 0 Å². The van der Waals surface area contributed by atoms with Crippen molar-refractivity contribution in [2.75, 3.05) is 20.6 Å². The van der Waals surface area contributed by atoms with Gasteiger partial charge in [-0.2, -0.15) is 5.26 Å². The van der Waals surface area contributed by atoms with Crippen LogP contribution in [-0.2, 0) is 16.9 Å². The second kappa shape index (κ2) is 7.35. The van der Waals surface area contributed by atoms with Gasteiger partial charge in [0, 0.05) is 0 Å². The molecule has 3 nitrogen and oxygen atoms in total. The van der Waals surface area contributed by atoms with Crippen LogP contribution in [0.25, 0.3) is 0 Å². The van der Waals surface area contributed by atoms with E-state index in [1.165, 1.54) is 12.1 Å². The van der Waals surface area contributed by atoms with Crippen LogP contribution in [0.1, 0.15) is 41.5 Å². The van der Waals surface area contributed by atoms with Crippen LogP contribution in [0, 0.1) is 17.1 Å². The van der Waals surface area contributed by atoms with Crippen molar-refractivity contribution >= 4 is 0 Å². The Morgan fingerprint density at radius 3 is 2.60 bits per heavy atom. The molecule has 3 rings (SSSR count). The summed E-state index contributed by atoms with van der Waals surface area (Å²) in [7, 11) is 4.14. The van der Waals surface area contributed by atoms with Crippen molar-refractivity contribution in [1.82, 2.24) is 4.90 Å². The molecule has 1 unspecified atom stereocenters. The molecular formula is C21H23FN2O. The topological polar surface area (TPSA) is 36.3 Å². The molecule has 0 amide bonds. The molecule has 1 aliphatic heterocycles. The predicted octanol–water partition coefficient (Wildman–Crippen LogP) is 4.20. The van der Waals surface area contributed by atoms with Gasteiger partial charge in [-0.25, -0.2) is 4.39 Å². The molecule has 0 fully saturated rings. The van der Waals surface area contributed by atoms with Gasteiger partial charge in [-0.3, -0.25) is 0 Å². The summed E-state index contributed by atoms with van der Waals surface area (Å²) < 4.78 is 19.7. The molecule has 130 valence electrons. The first-order chi connectivity index (χ1) is 12.0. The van der Waals surface area contributed by atoms with E-state index in [1.807, 2.05) is 30.3 Å². The van der Waals surface area contributed by atoms with Gasteiger partial charge in [0.15, 0.2) is 0 Å². The summed E-state index contributed by atoms with van der Waals surface area (Å²) in [5, 5.41) is 9.13. The number of unbranched alkanes of at least 4 members (excludes halogenated alkanes) is 1. The highest BCUT2D eigenvalue weighted by Crippen LogP contribution is 2.45. The average molecular weight is 338 g/mol. The van der Waals surface area contributed by atoms with Crippen molar-refractivity contribution < 1.29 is 9.13 Å². The van der Waals surface area contributed by atoms with E-state index >= 15 is 0 Å². The fourth-order valence-corrected chi connectivity index (χ4v) is 3.57. The van der Waals surface area contributed by atoms with Gasteiger partial charge in [-0.1, -0.05) is 18.2 Å². The van der Waals surface area contributed by atoms with Gasteiger partial charge in [0.1, 0.15) is 11.4 Å². The summed E-state index contributed by atoms with van der Waals surface area (Å²) in [5.74, 6) is -0.246. The van der Waals surface area contributed by atoms with Gasteiger partial charge in [0.2, 0.25) is 0 Å². The molecule has 4 heteroatoms. The molecule has 1 heterocycles. The van der Waals surface area contributed by atoms with E-state index in [9.17, 15) is 4.39 Å². The summed E-state index contributed by atoms with van der Waals surface area (Å²) in [4.78, 5) is 2.17. The van der Waals surface area contributed by atoms with Crippen molar-refractivity contribution in [2.24, 2.45) is 0 Å². The molecule has 0 saturated carbocycles. The number of nitriles is 1. The van der Waals surface area contributed by atoms with Crippen molar-refractivity contribution in [3.63, 3.8) is 0 Å². The molecule has 0 saturated heterocycles. The number of rotatable bonds is 6. The summed E-state index contributed by atoms with van der Waals surface area (Å²) in [6.45, 7) is 1.51. The minimum absolute atomic E-state index is 0.246. The zero-order chi connectivity index (χ0) is 17.9. The monoisotopic (exact) mass is 338 g/mol. The molecule has 1 aliphatic rings. The van der Waals surface area contributed by atoms with Crippen molar-refractivity contribution in [2.45, 2.75) is 31.5 Å². The smallest absolute Gasteiger partial charge is 0.123 e. The van der Waals surface area contributed by atoms with Crippen LogP contribution in [-0.4, -0.2) is 25.5 Å². The predicted molar refractivity (Wildman–Crippen MR) is 95.5 cm³/mol. The van der Waals surface area contributed by atoms with Crippen LogP contribution >= 0.6 is 0 Å². The van der Waals surface area contributed by atoms with E-state index in [1.54, 1.807) is 0 Å². The minimum Gasteiger partial charge on any atom is -0.361 e. The molecule has 0 N–H and O–H groups in total. The highest BCUT2D eigenvalue weighted by molar-refractivity contribution is 5.47. The number of hydrogen-bond acceptors (Lipinski definition) is 3. The first-order valence-electron chi connectivity index (χ1n) is 8.63. The molecule has 0 aromatic heterocycles. The van der Waals surface area contributed by atoms with Gasteiger partial charge in [0.05, 0.1) is 18.2 Å². The van der Waals surface area contributed by atoms with E-state index in [-0.39, 0.29) is 5.82 Å². The molecule has 1 atom stereocenters. The SMILES string of the molecule is CN(C)CCCCC1(c2ccc(F)cc2)OCc2cc(C#N)ccc21. The second-order valence-corrected chi connectivity index (χ2v) is 6.87. The van der Waals surface area contributed by atoms with E-state index in [0.29, 0.717) is 12.2 Å². The van der Waals surface area contributed by atoms with Gasteiger partial charge < -0.3 is 9.64 Å². The maximum atomic E-state index is 13.4. The molecule has 2 aromatic rings. The van der Waals surface area contributed by atoms with Gasteiger partial charge in [-0.15, -0.1) is 0 Å². The molecule has 0 spiro atoms. The normalized spacial score (nSPS) is 19.0. The third-order valence-corrected chi connectivity index (χ3v) is 4.84. The standard InChI is InChI=1S/C21H23FN2O/c1-24(2)12-4-3-11-21(18-6-8-19(22)9-7-18)20-10-5-16(14-23)13-17(20)15-25-21/h5-10,13H,3-4,11-12,15H2,1-2H3. The third-order valence-electron chi connectivity index (χ3n) is 4.84. The number of hydrogen-bond donors (Lipinski definition) is 0. The zero-order valence-electron chi connectivity index (χ0n) is 14.8. The lowest BCUT2D eigenvalue weighted by molar-refractivity contribution is -0.0136. The Morgan fingerprint density at radius 1 is 1.16 bits per heavy atom. The molecule has 25 heavy (non-hydrogen) atoms. The molecule has 2 aromatic carbocycles. The van der Waals surface area contributed by atoms with Crippen LogP contribution in [0.2, 0.25) is 0 Å². The van der Waals surface area contributed by atoms with E-state index < -0.39 is 5.60 Å². The Hall–Kier alpha value is -2.22. The minimum atomic E-state index is -0.552. The lowest BCUT2D eigenvalue weighted by Gasteiger charge is -2.31. The van der Waals surface area contributed by atoms with Crippen LogP contribution in [0.15, 0.2) is 42.5 Å². The highest BCUT2D eigenvalue weighted by Gasteiger charge is 2.41. The van der Waals surface area contributed by atoms with Crippen LogP contribution in [0.4, 0.5) is 4.39 Å². The van der Waals surface area contributed by atoms with Crippen molar-refractivity contribution in [3.8, 4) is 6.07 Å². The summed E-state index contributed by atoms with van der Waals surface area (Å²) >= 11 is 0. The van der Waals surface area contributed by atoms with Crippen molar-refractivity contribution in [1.29, 1.82) is 5.26 Å². The zero-order valence-corrected chi connectivity index (χ0v) is 14.8. The molecule has 0 radical (unpaired) electrons. The Kier molecular flexibility index (Phi) is 5.17. The van der Waals surface area contributed by atoms with Gasteiger partial charge in [0.25, 0.3) is 0 Å². The van der Waals surface area contributed by atoms with Gasteiger partial charge in [-0.05, 0) is 80.9 Å². The fraction of sp³-hybridized carbons (Fsp3) is 0.381. The third kappa shape index (κ3) is 3.58. The first kappa shape index (κ1) is 17.6. The Labute approximate surface area is 148 Å².